The van der Waals surface area contributed by atoms with E-state index in [9.17, 15) is 4.79 Å². The van der Waals surface area contributed by atoms with Crippen LogP contribution in [0.3, 0.4) is 0 Å². The zero-order valence-electron chi connectivity index (χ0n) is 9.17. The smallest absolute Gasteiger partial charge is 0.230 e. The van der Waals surface area contributed by atoms with E-state index in [0.29, 0.717) is 12.3 Å². The summed E-state index contributed by atoms with van der Waals surface area (Å²) in [6.07, 6.45) is 0. The van der Waals surface area contributed by atoms with E-state index in [0.717, 1.165) is 14.2 Å². The molecule has 0 spiro atoms. The molecule has 7 heteroatoms. The monoisotopic (exact) mass is 285 g/mol. The van der Waals surface area contributed by atoms with E-state index in [2.05, 4.69) is 15.5 Å². The lowest BCUT2D eigenvalue weighted by Gasteiger charge is -2.01. The molecule has 0 bridgehead atoms. The molecule has 0 aliphatic heterocycles. The van der Waals surface area contributed by atoms with Gasteiger partial charge < -0.3 is 5.32 Å². The number of rotatable bonds is 5. The van der Waals surface area contributed by atoms with Crippen LogP contribution in [-0.4, -0.2) is 21.9 Å². The molecular formula is C10H11N3OS3. The van der Waals surface area contributed by atoms with E-state index >= 15 is 0 Å². The minimum absolute atomic E-state index is 0.0243. The molecular weight excluding hydrogens is 274 g/mol. The number of thioether (sulfide) groups is 1. The number of thiophene rings is 1. The van der Waals surface area contributed by atoms with Crippen LogP contribution in [0.25, 0.3) is 0 Å². The summed E-state index contributed by atoms with van der Waals surface area (Å²) in [5.74, 6) is 0.413. The van der Waals surface area contributed by atoms with Crippen LogP contribution in [0.1, 0.15) is 9.88 Å². The van der Waals surface area contributed by atoms with Crippen LogP contribution >= 0.6 is 34.4 Å². The van der Waals surface area contributed by atoms with Gasteiger partial charge in [-0.3, -0.25) is 4.79 Å². The molecule has 0 saturated carbocycles. The Morgan fingerprint density at radius 1 is 1.53 bits per heavy atom. The molecule has 2 heterocycles. The molecule has 1 amide bonds. The minimum atomic E-state index is 0.0243. The van der Waals surface area contributed by atoms with Gasteiger partial charge in [-0.05, 0) is 18.4 Å². The van der Waals surface area contributed by atoms with Gasteiger partial charge in [0.15, 0.2) is 4.34 Å². The van der Waals surface area contributed by atoms with Crippen molar-refractivity contribution >= 4 is 40.3 Å². The molecule has 0 unspecified atom stereocenters. The zero-order chi connectivity index (χ0) is 12.1. The summed E-state index contributed by atoms with van der Waals surface area (Å²) in [7, 11) is 0. The molecule has 4 nitrogen and oxygen atoms in total. The van der Waals surface area contributed by atoms with Crippen molar-refractivity contribution in [2.24, 2.45) is 0 Å². The Bertz CT molecular complexity index is 481. The molecule has 0 fully saturated rings. The molecule has 0 atom stereocenters. The average Bonchev–Trinajstić information content (AvgIpc) is 2.95. The molecule has 0 aliphatic rings. The third kappa shape index (κ3) is 4.10. The maximum absolute atomic E-state index is 11.5. The van der Waals surface area contributed by atoms with Crippen molar-refractivity contribution in [3.05, 3.63) is 27.4 Å². The second-order valence-corrected chi connectivity index (χ2v) is 6.67. The van der Waals surface area contributed by atoms with Crippen LogP contribution in [0.2, 0.25) is 0 Å². The highest BCUT2D eigenvalue weighted by molar-refractivity contribution is 8.01. The quantitative estimate of drug-likeness (QED) is 0.857. The van der Waals surface area contributed by atoms with E-state index in [-0.39, 0.29) is 5.91 Å². The van der Waals surface area contributed by atoms with Gasteiger partial charge in [0.05, 0.1) is 12.3 Å². The molecule has 90 valence electrons. The summed E-state index contributed by atoms with van der Waals surface area (Å²) >= 11 is 4.57. The van der Waals surface area contributed by atoms with Crippen LogP contribution in [-0.2, 0) is 11.3 Å². The number of aromatic nitrogens is 2. The summed E-state index contributed by atoms with van der Waals surface area (Å²) in [6, 6.07) is 3.98. The maximum Gasteiger partial charge on any atom is 0.230 e. The number of hydrogen-bond donors (Lipinski definition) is 1. The van der Waals surface area contributed by atoms with E-state index in [1.165, 1.54) is 23.1 Å². The van der Waals surface area contributed by atoms with Crippen LogP contribution in [0.4, 0.5) is 0 Å². The van der Waals surface area contributed by atoms with Crippen molar-refractivity contribution in [2.75, 3.05) is 5.75 Å². The Labute approximate surface area is 111 Å². The Balaban J connectivity index is 1.71. The van der Waals surface area contributed by atoms with Gasteiger partial charge in [0.25, 0.3) is 0 Å². The van der Waals surface area contributed by atoms with Gasteiger partial charge in [-0.15, -0.1) is 21.5 Å². The number of nitrogens with one attached hydrogen (secondary N) is 1. The average molecular weight is 285 g/mol. The number of carbonyl (C=O) groups is 1. The topological polar surface area (TPSA) is 54.9 Å². The highest BCUT2D eigenvalue weighted by atomic mass is 32.2. The fourth-order valence-electron chi connectivity index (χ4n) is 1.11. The molecule has 0 aromatic carbocycles. The van der Waals surface area contributed by atoms with Gasteiger partial charge in [-0.2, -0.15) is 0 Å². The lowest BCUT2D eigenvalue weighted by molar-refractivity contribution is -0.118. The predicted octanol–water partition coefficient (Wildman–Crippen LogP) is 2.32. The van der Waals surface area contributed by atoms with Gasteiger partial charge >= 0.3 is 0 Å². The third-order valence-electron chi connectivity index (χ3n) is 1.87. The molecule has 17 heavy (non-hydrogen) atoms. The molecule has 2 aromatic heterocycles. The van der Waals surface area contributed by atoms with Crippen LogP contribution < -0.4 is 5.32 Å². The van der Waals surface area contributed by atoms with Crippen molar-refractivity contribution in [1.29, 1.82) is 0 Å². The van der Waals surface area contributed by atoms with Crippen molar-refractivity contribution in [1.82, 2.24) is 15.5 Å². The van der Waals surface area contributed by atoms with E-state index in [1.807, 2.05) is 24.4 Å². The van der Waals surface area contributed by atoms with Gasteiger partial charge in [-0.1, -0.05) is 29.2 Å². The Hall–Kier alpha value is -0.920. The number of hydrogen-bond acceptors (Lipinski definition) is 6. The molecule has 0 saturated heterocycles. The molecule has 1 N–H and O–H groups in total. The van der Waals surface area contributed by atoms with E-state index < -0.39 is 0 Å². The highest BCUT2D eigenvalue weighted by Crippen LogP contribution is 2.21. The number of carbonyl (C=O) groups excluding carboxylic acids is 1. The van der Waals surface area contributed by atoms with Gasteiger partial charge in [-0.25, -0.2) is 0 Å². The zero-order valence-corrected chi connectivity index (χ0v) is 11.6. The molecule has 2 rings (SSSR count). The predicted molar refractivity (Wildman–Crippen MR) is 71.5 cm³/mol. The first-order valence-electron chi connectivity index (χ1n) is 4.96. The standard InChI is InChI=1S/C10H11N3OS3/c1-7-12-13-10(17-7)16-6-9(14)11-5-8-3-2-4-15-8/h2-4H,5-6H2,1H3,(H,11,14). The van der Waals surface area contributed by atoms with Crippen LogP contribution in [0.5, 0.6) is 0 Å². The van der Waals surface area contributed by atoms with Crippen molar-refractivity contribution < 1.29 is 4.79 Å². The van der Waals surface area contributed by atoms with Crippen LogP contribution in [0, 0.1) is 6.92 Å². The second-order valence-electron chi connectivity index (χ2n) is 3.23. The first kappa shape index (κ1) is 12.5. The van der Waals surface area contributed by atoms with Crippen molar-refractivity contribution in [3.63, 3.8) is 0 Å². The maximum atomic E-state index is 11.5. The Morgan fingerprint density at radius 2 is 2.41 bits per heavy atom. The van der Waals surface area contributed by atoms with Crippen molar-refractivity contribution in [3.8, 4) is 0 Å². The summed E-state index contributed by atoms with van der Waals surface area (Å²) < 4.78 is 0.841. The summed E-state index contributed by atoms with van der Waals surface area (Å²) in [5.41, 5.74) is 0. The van der Waals surface area contributed by atoms with E-state index in [1.54, 1.807) is 11.3 Å². The highest BCUT2D eigenvalue weighted by Gasteiger charge is 2.06. The summed E-state index contributed by atoms with van der Waals surface area (Å²) in [6.45, 7) is 2.50. The molecule has 0 radical (unpaired) electrons. The first-order chi connectivity index (χ1) is 8.24. The van der Waals surface area contributed by atoms with Crippen molar-refractivity contribution in [2.45, 2.75) is 17.8 Å². The summed E-state index contributed by atoms with van der Waals surface area (Å²) in [4.78, 5) is 12.7. The SMILES string of the molecule is Cc1nnc(SCC(=O)NCc2cccs2)s1. The normalized spacial score (nSPS) is 10.4. The number of aryl methyl sites for hydroxylation is 1. The Kier molecular flexibility index (Phi) is 4.52. The largest absolute Gasteiger partial charge is 0.350 e. The third-order valence-corrected chi connectivity index (χ3v) is 4.72. The first-order valence-corrected chi connectivity index (χ1v) is 7.64. The fraction of sp³-hybridized carbons (Fsp3) is 0.300. The minimum Gasteiger partial charge on any atom is -0.350 e. The van der Waals surface area contributed by atoms with Gasteiger partial charge in [0.1, 0.15) is 5.01 Å². The lowest BCUT2D eigenvalue weighted by atomic mass is 10.4. The number of amides is 1. The number of nitrogens with zero attached hydrogens (tertiary/aromatic N) is 2. The van der Waals surface area contributed by atoms with Gasteiger partial charge in [0, 0.05) is 4.88 Å². The second kappa shape index (κ2) is 6.13. The lowest BCUT2D eigenvalue weighted by Crippen LogP contribution is -2.24. The van der Waals surface area contributed by atoms with Crippen LogP contribution in [0.15, 0.2) is 21.9 Å². The fourth-order valence-corrected chi connectivity index (χ4v) is 3.40. The van der Waals surface area contributed by atoms with Gasteiger partial charge in [0.2, 0.25) is 5.91 Å². The summed E-state index contributed by atoms with van der Waals surface area (Å²) in [5, 5.41) is 13.6. The Morgan fingerprint density at radius 3 is 3.06 bits per heavy atom. The molecule has 0 aliphatic carbocycles. The van der Waals surface area contributed by atoms with E-state index in [4.69, 9.17) is 0 Å². The molecule has 2 aromatic rings.